The van der Waals surface area contributed by atoms with E-state index in [9.17, 15) is 18.4 Å². The van der Waals surface area contributed by atoms with Gasteiger partial charge in [-0.1, -0.05) is 24.3 Å². The van der Waals surface area contributed by atoms with Gasteiger partial charge in [0.1, 0.15) is 29.6 Å². The van der Waals surface area contributed by atoms with Crippen molar-refractivity contribution >= 4 is 23.2 Å². The molecule has 4 rings (SSSR count). The Morgan fingerprint density at radius 1 is 0.946 bits per heavy atom. The Balaban J connectivity index is 1.62. The number of methoxy groups -OCH3 is 1. The Morgan fingerprint density at radius 2 is 1.65 bits per heavy atom. The zero-order valence-corrected chi connectivity index (χ0v) is 20.1. The number of nitrogens with one attached hydrogen (secondary N) is 2. The number of benzene rings is 3. The lowest BCUT2D eigenvalue weighted by atomic mass is 10.2. The second-order valence-electron chi connectivity index (χ2n) is 8.14. The number of aromatic nitrogens is 2. The zero-order valence-electron chi connectivity index (χ0n) is 20.1. The fourth-order valence-corrected chi connectivity index (χ4v) is 3.62. The van der Waals surface area contributed by atoms with Crippen molar-refractivity contribution in [2.45, 2.75) is 20.1 Å². The first-order chi connectivity index (χ1) is 17.8. The lowest BCUT2D eigenvalue weighted by Crippen LogP contribution is -2.14. The lowest BCUT2D eigenvalue weighted by Gasteiger charge is -2.12. The van der Waals surface area contributed by atoms with E-state index in [4.69, 9.17) is 9.47 Å². The standard InChI is InChI=1S/C27H24F2N4O4/c1-17(34)30-22-9-10-25(36-2)24(13-22)31-26(35)23-15-33(14-18-5-3-7-20(28)11-18)32-27(23)37-16-19-6-4-8-21(29)12-19/h3-13,15H,14,16H2,1-2H3,(H,30,34)(H,31,35). The molecule has 0 aliphatic rings. The summed E-state index contributed by atoms with van der Waals surface area (Å²) in [7, 11) is 1.45. The van der Waals surface area contributed by atoms with Gasteiger partial charge >= 0.3 is 0 Å². The maximum atomic E-state index is 13.7. The topological polar surface area (TPSA) is 94.5 Å². The molecule has 0 fully saturated rings. The zero-order chi connectivity index (χ0) is 26.4. The van der Waals surface area contributed by atoms with Gasteiger partial charge in [-0.2, -0.15) is 0 Å². The van der Waals surface area contributed by atoms with E-state index in [1.165, 1.54) is 49.2 Å². The molecule has 2 N–H and O–H groups in total. The van der Waals surface area contributed by atoms with Gasteiger partial charge in [0.2, 0.25) is 11.8 Å². The molecular weight excluding hydrogens is 482 g/mol. The van der Waals surface area contributed by atoms with Crippen molar-refractivity contribution < 1.29 is 27.8 Å². The van der Waals surface area contributed by atoms with Crippen molar-refractivity contribution in [3.05, 3.63) is 101 Å². The fourth-order valence-electron chi connectivity index (χ4n) is 3.62. The summed E-state index contributed by atoms with van der Waals surface area (Å²) in [4.78, 5) is 24.8. The van der Waals surface area contributed by atoms with E-state index >= 15 is 0 Å². The molecule has 190 valence electrons. The SMILES string of the molecule is COc1ccc(NC(C)=O)cc1NC(=O)c1cn(Cc2cccc(F)c2)nc1OCc1cccc(F)c1. The van der Waals surface area contributed by atoms with Crippen LogP contribution in [0, 0.1) is 11.6 Å². The average molecular weight is 507 g/mol. The number of halogens is 2. The highest BCUT2D eigenvalue weighted by Gasteiger charge is 2.20. The first-order valence-electron chi connectivity index (χ1n) is 11.3. The first-order valence-corrected chi connectivity index (χ1v) is 11.3. The lowest BCUT2D eigenvalue weighted by molar-refractivity contribution is -0.114. The van der Waals surface area contributed by atoms with Crippen LogP contribution >= 0.6 is 0 Å². The van der Waals surface area contributed by atoms with Crippen LogP contribution in [0.25, 0.3) is 0 Å². The molecular formula is C27H24F2N4O4. The van der Waals surface area contributed by atoms with Crippen LogP contribution < -0.4 is 20.1 Å². The van der Waals surface area contributed by atoms with Crippen molar-refractivity contribution in [3.8, 4) is 11.6 Å². The van der Waals surface area contributed by atoms with Crippen molar-refractivity contribution in [2.24, 2.45) is 0 Å². The number of nitrogens with zero attached hydrogens (tertiary/aromatic N) is 2. The highest BCUT2D eigenvalue weighted by molar-refractivity contribution is 6.07. The van der Waals surface area contributed by atoms with Gasteiger partial charge in [0.05, 0.1) is 19.3 Å². The number of ether oxygens (including phenoxy) is 2. The Kier molecular flexibility index (Phi) is 7.77. The third-order valence-corrected chi connectivity index (χ3v) is 5.24. The normalized spacial score (nSPS) is 10.6. The van der Waals surface area contributed by atoms with Crippen LogP contribution in [0.5, 0.6) is 11.6 Å². The van der Waals surface area contributed by atoms with E-state index in [-0.39, 0.29) is 30.5 Å². The quantitative estimate of drug-likeness (QED) is 0.333. The Bertz CT molecular complexity index is 1440. The Hall–Kier alpha value is -4.73. The van der Waals surface area contributed by atoms with Gasteiger partial charge < -0.3 is 20.1 Å². The molecule has 3 aromatic carbocycles. The average Bonchev–Trinajstić information content (AvgIpc) is 3.25. The monoisotopic (exact) mass is 506 g/mol. The first kappa shape index (κ1) is 25.4. The molecule has 10 heteroatoms. The second-order valence-corrected chi connectivity index (χ2v) is 8.14. The van der Waals surface area contributed by atoms with E-state index in [2.05, 4.69) is 15.7 Å². The maximum Gasteiger partial charge on any atom is 0.262 e. The molecule has 0 aliphatic carbocycles. The molecule has 37 heavy (non-hydrogen) atoms. The highest BCUT2D eigenvalue weighted by Crippen LogP contribution is 2.29. The summed E-state index contributed by atoms with van der Waals surface area (Å²) in [5, 5.41) is 9.77. The maximum absolute atomic E-state index is 13.7. The minimum Gasteiger partial charge on any atom is -0.495 e. The predicted molar refractivity (Wildman–Crippen MR) is 134 cm³/mol. The molecule has 1 heterocycles. The second kappa shape index (κ2) is 11.3. The van der Waals surface area contributed by atoms with Gasteiger partial charge in [-0.05, 0) is 53.6 Å². The molecule has 0 aliphatic heterocycles. The number of hydrogen-bond acceptors (Lipinski definition) is 5. The largest absolute Gasteiger partial charge is 0.495 e. The van der Waals surface area contributed by atoms with Crippen LogP contribution in [0.3, 0.4) is 0 Å². The Labute approximate surface area is 211 Å². The highest BCUT2D eigenvalue weighted by atomic mass is 19.1. The van der Waals surface area contributed by atoms with Gasteiger partial charge in [0, 0.05) is 18.8 Å². The van der Waals surface area contributed by atoms with Gasteiger partial charge in [-0.25, -0.2) is 8.78 Å². The summed E-state index contributed by atoms with van der Waals surface area (Å²) in [6.45, 7) is 1.52. The van der Waals surface area contributed by atoms with Crippen LogP contribution in [0.1, 0.15) is 28.4 Å². The molecule has 0 radical (unpaired) electrons. The van der Waals surface area contributed by atoms with Gasteiger partial charge in [-0.15, -0.1) is 5.10 Å². The van der Waals surface area contributed by atoms with Crippen molar-refractivity contribution in [1.29, 1.82) is 0 Å². The van der Waals surface area contributed by atoms with Gasteiger partial charge in [-0.3, -0.25) is 14.3 Å². The summed E-state index contributed by atoms with van der Waals surface area (Å²) in [6.07, 6.45) is 1.48. The van der Waals surface area contributed by atoms with Crippen molar-refractivity contribution in [2.75, 3.05) is 17.7 Å². The number of anilines is 2. The van der Waals surface area contributed by atoms with E-state index in [1.54, 1.807) is 42.5 Å². The molecule has 0 spiro atoms. The third kappa shape index (κ3) is 6.69. The van der Waals surface area contributed by atoms with E-state index in [0.29, 0.717) is 28.3 Å². The fraction of sp³-hybridized carbons (Fsp3) is 0.148. The van der Waals surface area contributed by atoms with Gasteiger partial charge in [0.25, 0.3) is 5.91 Å². The smallest absolute Gasteiger partial charge is 0.262 e. The molecule has 0 saturated carbocycles. The molecule has 1 aromatic heterocycles. The minimum atomic E-state index is -0.557. The molecule has 0 saturated heterocycles. The van der Waals surface area contributed by atoms with Crippen LogP contribution in [-0.4, -0.2) is 28.7 Å². The predicted octanol–water partition coefficient (Wildman–Crippen LogP) is 5.01. The van der Waals surface area contributed by atoms with Gasteiger partial charge in [0.15, 0.2) is 0 Å². The number of amides is 2. The molecule has 8 nitrogen and oxygen atoms in total. The summed E-state index contributed by atoms with van der Waals surface area (Å²) in [5.41, 5.74) is 2.06. The van der Waals surface area contributed by atoms with Crippen LogP contribution in [0.2, 0.25) is 0 Å². The number of rotatable bonds is 9. The van der Waals surface area contributed by atoms with Crippen LogP contribution in [-0.2, 0) is 17.9 Å². The number of carbonyl (C=O) groups is 2. The summed E-state index contributed by atoms with van der Waals surface area (Å²) in [6, 6.07) is 16.7. The summed E-state index contributed by atoms with van der Waals surface area (Å²) < 4.78 is 39.8. The molecule has 4 aromatic rings. The molecule has 0 unspecified atom stereocenters. The van der Waals surface area contributed by atoms with E-state index < -0.39 is 17.5 Å². The van der Waals surface area contributed by atoms with Crippen molar-refractivity contribution in [1.82, 2.24) is 9.78 Å². The minimum absolute atomic E-state index is 0.00940. The summed E-state index contributed by atoms with van der Waals surface area (Å²) >= 11 is 0. The van der Waals surface area contributed by atoms with E-state index in [1.807, 2.05) is 0 Å². The van der Waals surface area contributed by atoms with Crippen LogP contribution in [0.4, 0.5) is 20.2 Å². The number of carbonyl (C=O) groups excluding carboxylic acids is 2. The number of hydrogen-bond donors (Lipinski definition) is 2. The molecule has 2 amide bonds. The molecule has 0 bridgehead atoms. The van der Waals surface area contributed by atoms with Crippen molar-refractivity contribution in [3.63, 3.8) is 0 Å². The Morgan fingerprint density at radius 3 is 2.32 bits per heavy atom. The van der Waals surface area contributed by atoms with Crippen LogP contribution in [0.15, 0.2) is 72.9 Å². The third-order valence-electron chi connectivity index (χ3n) is 5.24. The molecule has 0 atom stereocenters. The van der Waals surface area contributed by atoms with E-state index in [0.717, 1.165) is 0 Å². The summed E-state index contributed by atoms with van der Waals surface area (Å²) in [5.74, 6) is -1.25.